The highest BCUT2D eigenvalue weighted by atomic mass is 16.5. The summed E-state index contributed by atoms with van der Waals surface area (Å²) in [5, 5.41) is 3.85. The normalized spacial score (nSPS) is 14.5. The van der Waals surface area contributed by atoms with E-state index in [-0.39, 0.29) is 18.4 Å². The van der Waals surface area contributed by atoms with Crippen LogP contribution in [0.15, 0.2) is 53.1 Å². The lowest BCUT2D eigenvalue weighted by Gasteiger charge is -2.30. The smallest absolute Gasteiger partial charge is 0.260 e. The van der Waals surface area contributed by atoms with Gasteiger partial charge in [0.15, 0.2) is 12.4 Å². The number of benzene rings is 2. The molecular formula is C23H25N3O4. The molecule has 0 aliphatic carbocycles. The van der Waals surface area contributed by atoms with Gasteiger partial charge in [0.05, 0.1) is 0 Å². The summed E-state index contributed by atoms with van der Waals surface area (Å²) < 4.78 is 16.7. The molecule has 1 fully saturated rings. The largest absolute Gasteiger partial charge is 0.484 e. The summed E-state index contributed by atoms with van der Waals surface area (Å²) in [7, 11) is 0. The zero-order chi connectivity index (χ0) is 20.9. The van der Waals surface area contributed by atoms with E-state index in [0.717, 1.165) is 24.3 Å². The Morgan fingerprint density at radius 3 is 2.20 bits per heavy atom. The van der Waals surface area contributed by atoms with Gasteiger partial charge in [0.2, 0.25) is 5.89 Å². The van der Waals surface area contributed by atoms with Gasteiger partial charge in [0.1, 0.15) is 17.2 Å². The van der Waals surface area contributed by atoms with Crippen molar-refractivity contribution in [3.8, 4) is 17.2 Å². The lowest BCUT2D eigenvalue weighted by molar-refractivity contribution is -0.134. The number of piperidine rings is 1. The fourth-order valence-corrected chi connectivity index (χ4v) is 3.44. The summed E-state index contributed by atoms with van der Waals surface area (Å²) in [5.41, 5.74) is 1.18. The van der Waals surface area contributed by atoms with Gasteiger partial charge >= 0.3 is 0 Å². The quantitative estimate of drug-likeness (QED) is 0.607. The van der Waals surface area contributed by atoms with E-state index in [2.05, 4.69) is 10.1 Å². The van der Waals surface area contributed by atoms with E-state index in [4.69, 9.17) is 14.0 Å². The number of amides is 1. The molecule has 1 aliphatic rings. The average Bonchev–Trinajstić information content (AvgIpc) is 3.21. The van der Waals surface area contributed by atoms with Crippen molar-refractivity contribution in [2.75, 3.05) is 19.7 Å². The van der Waals surface area contributed by atoms with Crippen molar-refractivity contribution < 1.29 is 18.8 Å². The second-order valence-electron chi connectivity index (χ2n) is 7.51. The van der Waals surface area contributed by atoms with Crippen molar-refractivity contribution in [2.45, 2.75) is 32.6 Å². The Balaban J connectivity index is 1.23. The predicted molar refractivity (Wildman–Crippen MR) is 111 cm³/mol. The zero-order valence-electron chi connectivity index (χ0n) is 17.2. The number of ether oxygens (including phenoxy) is 2. The zero-order valence-corrected chi connectivity index (χ0v) is 17.2. The van der Waals surface area contributed by atoms with Gasteiger partial charge in [-0.25, -0.2) is 0 Å². The Bertz CT molecular complexity index is 974. The molecule has 0 unspecified atom stereocenters. The van der Waals surface area contributed by atoms with E-state index in [0.29, 0.717) is 30.6 Å². The molecule has 0 spiro atoms. The number of carbonyl (C=O) groups excluding carboxylic acids is 1. The van der Waals surface area contributed by atoms with Crippen LogP contribution in [0.3, 0.4) is 0 Å². The third-order valence-electron chi connectivity index (χ3n) is 5.18. The average molecular weight is 407 g/mol. The van der Waals surface area contributed by atoms with Gasteiger partial charge in [0.25, 0.3) is 5.91 Å². The van der Waals surface area contributed by atoms with Crippen molar-refractivity contribution in [3.63, 3.8) is 0 Å². The maximum Gasteiger partial charge on any atom is 0.260 e. The van der Waals surface area contributed by atoms with Crippen LogP contribution in [0.5, 0.6) is 17.2 Å². The Kier molecular flexibility index (Phi) is 5.97. The van der Waals surface area contributed by atoms with Crippen LogP contribution in [-0.2, 0) is 4.79 Å². The molecule has 0 atom stereocenters. The SMILES string of the molecule is Cc1ccc(Oc2ccc(OCC(=O)N3CCC(c4nc(C)no4)CC3)cc2)cc1. The number of rotatable bonds is 6. The van der Waals surface area contributed by atoms with Crippen LogP contribution in [0.2, 0.25) is 0 Å². The molecule has 156 valence electrons. The first-order chi connectivity index (χ1) is 14.6. The Hall–Kier alpha value is -3.35. The lowest BCUT2D eigenvalue weighted by atomic mass is 9.97. The maximum absolute atomic E-state index is 12.5. The highest BCUT2D eigenvalue weighted by molar-refractivity contribution is 5.77. The molecule has 0 radical (unpaired) electrons. The van der Waals surface area contributed by atoms with Crippen LogP contribution in [0.4, 0.5) is 0 Å². The molecule has 2 aromatic carbocycles. The first kappa shape index (κ1) is 19.9. The fourth-order valence-electron chi connectivity index (χ4n) is 3.44. The number of carbonyl (C=O) groups is 1. The third-order valence-corrected chi connectivity index (χ3v) is 5.18. The van der Waals surface area contributed by atoms with E-state index >= 15 is 0 Å². The molecule has 1 amide bonds. The Labute approximate surface area is 175 Å². The molecule has 7 heteroatoms. The van der Waals surface area contributed by atoms with Gasteiger partial charge in [-0.15, -0.1) is 0 Å². The second-order valence-corrected chi connectivity index (χ2v) is 7.51. The molecule has 1 aliphatic heterocycles. The second kappa shape index (κ2) is 8.98. The predicted octanol–water partition coefficient (Wildman–Crippen LogP) is 4.26. The highest BCUT2D eigenvalue weighted by Crippen LogP contribution is 2.27. The van der Waals surface area contributed by atoms with Crippen LogP contribution < -0.4 is 9.47 Å². The summed E-state index contributed by atoms with van der Waals surface area (Å²) in [5.74, 6) is 3.65. The van der Waals surface area contributed by atoms with E-state index in [1.165, 1.54) is 5.56 Å². The summed E-state index contributed by atoms with van der Waals surface area (Å²) in [6.45, 7) is 5.19. The van der Waals surface area contributed by atoms with Gasteiger partial charge in [0, 0.05) is 19.0 Å². The molecule has 30 heavy (non-hydrogen) atoms. The number of nitrogens with zero attached hydrogens (tertiary/aromatic N) is 3. The molecule has 0 bridgehead atoms. The van der Waals surface area contributed by atoms with Crippen molar-refractivity contribution in [1.29, 1.82) is 0 Å². The van der Waals surface area contributed by atoms with E-state index in [1.54, 1.807) is 12.1 Å². The summed E-state index contributed by atoms with van der Waals surface area (Å²) >= 11 is 0. The highest BCUT2D eigenvalue weighted by Gasteiger charge is 2.27. The fraction of sp³-hybridized carbons (Fsp3) is 0.348. The maximum atomic E-state index is 12.5. The number of aryl methyl sites for hydroxylation is 2. The monoisotopic (exact) mass is 407 g/mol. The van der Waals surface area contributed by atoms with Gasteiger partial charge in [-0.2, -0.15) is 4.98 Å². The minimum Gasteiger partial charge on any atom is -0.484 e. The Morgan fingerprint density at radius 1 is 1.00 bits per heavy atom. The molecule has 3 aromatic rings. The van der Waals surface area contributed by atoms with Crippen LogP contribution in [-0.4, -0.2) is 40.6 Å². The first-order valence-corrected chi connectivity index (χ1v) is 10.1. The van der Waals surface area contributed by atoms with Gasteiger partial charge in [-0.3, -0.25) is 4.79 Å². The van der Waals surface area contributed by atoms with Crippen molar-refractivity contribution in [1.82, 2.24) is 15.0 Å². The van der Waals surface area contributed by atoms with Crippen LogP contribution in [0, 0.1) is 13.8 Å². The van der Waals surface area contributed by atoms with E-state index in [9.17, 15) is 4.79 Å². The van der Waals surface area contributed by atoms with E-state index in [1.807, 2.05) is 55.1 Å². The standard InChI is InChI=1S/C23H25N3O4/c1-16-3-5-20(6-4-16)29-21-9-7-19(8-10-21)28-15-22(27)26-13-11-18(12-14-26)23-24-17(2)25-30-23/h3-10,18H,11-15H2,1-2H3. The first-order valence-electron chi connectivity index (χ1n) is 10.1. The van der Waals surface area contributed by atoms with Crippen molar-refractivity contribution in [3.05, 3.63) is 65.8 Å². The van der Waals surface area contributed by atoms with Gasteiger partial charge in [-0.1, -0.05) is 22.9 Å². The van der Waals surface area contributed by atoms with Gasteiger partial charge in [-0.05, 0) is 63.1 Å². The molecule has 1 aromatic heterocycles. The van der Waals surface area contributed by atoms with Crippen LogP contribution >= 0.6 is 0 Å². The van der Waals surface area contributed by atoms with E-state index < -0.39 is 0 Å². The molecular weight excluding hydrogens is 382 g/mol. The number of hydrogen-bond acceptors (Lipinski definition) is 6. The third kappa shape index (κ3) is 4.97. The summed E-state index contributed by atoms with van der Waals surface area (Å²) in [6, 6.07) is 15.1. The molecule has 0 N–H and O–H groups in total. The summed E-state index contributed by atoms with van der Waals surface area (Å²) in [6.07, 6.45) is 1.64. The number of aromatic nitrogens is 2. The number of hydrogen-bond donors (Lipinski definition) is 0. The van der Waals surface area contributed by atoms with Crippen molar-refractivity contribution in [2.24, 2.45) is 0 Å². The summed E-state index contributed by atoms with van der Waals surface area (Å²) in [4.78, 5) is 18.6. The lowest BCUT2D eigenvalue weighted by Crippen LogP contribution is -2.40. The Morgan fingerprint density at radius 2 is 1.60 bits per heavy atom. The van der Waals surface area contributed by atoms with Crippen LogP contribution in [0.1, 0.15) is 36.0 Å². The minimum atomic E-state index is -0.0184. The molecule has 7 nitrogen and oxygen atoms in total. The molecule has 0 saturated carbocycles. The van der Waals surface area contributed by atoms with Gasteiger partial charge < -0.3 is 18.9 Å². The minimum absolute atomic E-state index is 0.0164. The number of likely N-dealkylation sites (tertiary alicyclic amines) is 1. The van der Waals surface area contributed by atoms with Crippen LogP contribution in [0.25, 0.3) is 0 Å². The molecule has 1 saturated heterocycles. The molecule has 2 heterocycles. The topological polar surface area (TPSA) is 77.7 Å². The molecule has 4 rings (SSSR count). The van der Waals surface area contributed by atoms with Crippen molar-refractivity contribution >= 4 is 5.91 Å².